The zero-order valence-corrected chi connectivity index (χ0v) is 20.4. The van der Waals surface area contributed by atoms with Crippen LogP contribution >= 0.6 is 11.5 Å². The summed E-state index contributed by atoms with van der Waals surface area (Å²) in [5, 5.41) is 2.76. The average Bonchev–Trinajstić information content (AvgIpc) is 3.47. The van der Waals surface area contributed by atoms with Crippen LogP contribution in [0.4, 0.5) is 11.4 Å². The number of primary amides is 1. The fourth-order valence-corrected chi connectivity index (χ4v) is 4.39. The molecule has 0 aliphatic carbocycles. The predicted molar refractivity (Wildman–Crippen MR) is 130 cm³/mol. The summed E-state index contributed by atoms with van der Waals surface area (Å²) in [4.78, 5) is 40.3. The number of rotatable bonds is 9. The van der Waals surface area contributed by atoms with Crippen LogP contribution in [0, 0.1) is 6.92 Å². The molecular weight excluding hydrogens is 490 g/mol. The van der Waals surface area contributed by atoms with Crippen molar-refractivity contribution in [1.29, 1.82) is 0 Å². The quantitative estimate of drug-likeness (QED) is 0.358. The number of methoxy groups -OCH3 is 1. The number of amides is 3. The minimum Gasteiger partial charge on any atom is -0.486 e. The lowest BCUT2D eigenvalue weighted by molar-refractivity contribution is -0.123. The van der Waals surface area contributed by atoms with E-state index in [4.69, 9.17) is 30.1 Å². The maximum Gasteiger partial charge on any atom is 0.273 e. The number of ether oxygens (including phenoxy) is 3. The molecule has 1 atom stereocenters. The van der Waals surface area contributed by atoms with E-state index in [-0.39, 0.29) is 35.2 Å². The van der Waals surface area contributed by atoms with Gasteiger partial charge in [-0.15, -0.1) is 0 Å². The third kappa shape index (κ3) is 4.97. The van der Waals surface area contributed by atoms with E-state index in [1.54, 1.807) is 37.3 Å². The number of nitrogen functional groups attached to an aromatic ring is 1. The number of aromatic nitrogens is 1. The highest BCUT2D eigenvalue weighted by Gasteiger charge is 2.38. The zero-order chi connectivity index (χ0) is 25.8. The number of hydrogen-bond donors (Lipinski definition) is 3. The van der Waals surface area contributed by atoms with E-state index in [1.165, 1.54) is 12.0 Å². The molecule has 13 heteroatoms. The van der Waals surface area contributed by atoms with Crippen LogP contribution in [0.25, 0.3) is 0 Å². The van der Waals surface area contributed by atoms with E-state index >= 15 is 0 Å². The van der Waals surface area contributed by atoms with Gasteiger partial charge in [0, 0.05) is 25.4 Å². The number of carbonyl (C=O) groups is 3. The number of carbonyl (C=O) groups excluding carboxylic acids is 3. The van der Waals surface area contributed by atoms with Crippen LogP contribution in [-0.2, 0) is 9.53 Å². The Bertz CT molecular complexity index is 1290. The predicted octanol–water partition coefficient (Wildman–Crippen LogP) is 1.65. The number of furan rings is 1. The number of hydrogen-bond acceptors (Lipinski definition) is 10. The smallest absolute Gasteiger partial charge is 0.273 e. The Balaban J connectivity index is 1.85. The Labute approximate surface area is 210 Å². The van der Waals surface area contributed by atoms with Crippen molar-refractivity contribution in [1.82, 2.24) is 9.69 Å². The maximum absolute atomic E-state index is 14.0. The van der Waals surface area contributed by atoms with Gasteiger partial charge in [0.05, 0.1) is 12.3 Å². The standard InChI is InChI=1S/C23H25N5O7S/c1-12-3-5-15(35-12)19(22(30)26-7-8-32-2)28(13-4-6-14-16(11-13)34-10-9-33-14)23(31)20-17(24)18(21(25)29)27-36-20/h3-6,11,19H,7-10,24H2,1-2H3,(H2,25,29)(H,26,30)/t19-/m1/s1. The first-order valence-corrected chi connectivity index (χ1v) is 11.7. The Morgan fingerprint density at radius 3 is 2.58 bits per heavy atom. The highest BCUT2D eigenvalue weighted by Crippen LogP contribution is 2.39. The van der Waals surface area contributed by atoms with Crippen molar-refractivity contribution in [3.05, 3.63) is 52.4 Å². The van der Waals surface area contributed by atoms with E-state index < -0.39 is 23.8 Å². The van der Waals surface area contributed by atoms with Gasteiger partial charge >= 0.3 is 0 Å². The van der Waals surface area contributed by atoms with Gasteiger partial charge in [-0.05, 0) is 42.7 Å². The summed E-state index contributed by atoms with van der Waals surface area (Å²) in [7, 11) is 1.51. The number of nitrogens with one attached hydrogen (secondary N) is 1. The fraction of sp³-hybridized carbons (Fsp3) is 0.304. The van der Waals surface area contributed by atoms with Gasteiger partial charge in [0.25, 0.3) is 17.7 Å². The van der Waals surface area contributed by atoms with Crippen molar-refractivity contribution in [3.8, 4) is 11.5 Å². The number of nitrogens with two attached hydrogens (primary N) is 2. The van der Waals surface area contributed by atoms with Crippen molar-refractivity contribution in [2.75, 3.05) is 44.1 Å². The van der Waals surface area contributed by atoms with Gasteiger partial charge in [0.15, 0.2) is 23.2 Å². The molecule has 3 heterocycles. The molecule has 1 aliphatic rings. The Morgan fingerprint density at radius 2 is 1.94 bits per heavy atom. The van der Waals surface area contributed by atoms with E-state index in [2.05, 4.69) is 9.69 Å². The molecule has 0 saturated heterocycles. The lowest BCUT2D eigenvalue weighted by atomic mass is 10.1. The normalized spacial score (nSPS) is 13.2. The molecular formula is C23H25N5O7S. The first-order chi connectivity index (χ1) is 17.3. The summed E-state index contributed by atoms with van der Waals surface area (Å²) in [5.74, 6) is -0.421. The summed E-state index contributed by atoms with van der Waals surface area (Å²) in [6, 6.07) is 6.89. The van der Waals surface area contributed by atoms with Crippen LogP contribution < -0.4 is 31.2 Å². The summed E-state index contributed by atoms with van der Waals surface area (Å²) >= 11 is 0.710. The number of anilines is 2. The van der Waals surface area contributed by atoms with Crippen molar-refractivity contribution in [2.45, 2.75) is 13.0 Å². The van der Waals surface area contributed by atoms with Gasteiger partial charge in [-0.3, -0.25) is 19.3 Å². The average molecular weight is 516 g/mol. The van der Waals surface area contributed by atoms with E-state index in [9.17, 15) is 14.4 Å². The van der Waals surface area contributed by atoms with Crippen molar-refractivity contribution in [2.24, 2.45) is 5.73 Å². The molecule has 0 fully saturated rings. The summed E-state index contributed by atoms with van der Waals surface area (Å²) in [5.41, 5.74) is 11.3. The zero-order valence-electron chi connectivity index (χ0n) is 19.6. The molecule has 0 spiro atoms. The van der Waals surface area contributed by atoms with Crippen LogP contribution in [0.5, 0.6) is 11.5 Å². The highest BCUT2D eigenvalue weighted by molar-refractivity contribution is 7.09. The van der Waals surface area contributed by atoms with Crippen LogP contribution in [0.2, 0.25) is 0 Å². The van der Waals surface area contributed by atoms with Gasteiger partial charge < -0.3 is 35.4 Å². The second-order valence-corrected chi connectivity index (χ2v) is 8.55. The summed E-state index contributed by atoms with van der Waals surface area (Å²) in [6.45, 7) is 2.89. The van der Waals surface area contributed by atoms with Crippen molar-refractivity contribution in [3.63, 3.8) is 0 Å². The van der Waals surface area contributed by atoms with Crippen LogP contribution in [0.15, 0.2) is 34.7 Å². The molecule has 0 radical (unpaired) electrons. The minimum atomic E-state index is -1.25. The molecule has 0 saturated carbocycles. The third-order valence-electron chi connectivity index (χ3n) is 5.32. The van der Waals surface area contributed by atoms with Crippen molar-refractivity contribution < 1.29 is 33.0 Å². The molecule has 1 aliphatic heterocycles. The second-order valence-electron chi connectivity index (χ2n) is 7.78. The van der Waals surface area contributed by atoms with Gasteiger partial charge in [-0.1, -0.05) is 0 Å². The molecule has 190 valence electrons. The molecule has 3 aromatic rings. The van der Waals surface area contributed by atoms with Crippen molar-refractivity contribution >= 4 is 40.6 Å². The second kappa shape index (κ2) is 10.7. The SMILES string of the molecule is COCCNC(=O)[C@@H](c1ccc(C)o1)N(C(=O)c1snc(C(N)=O)c1N)c1ccc2c(c1)OCCO2. The molecule has 0 unspecified atom stereocenters. The number of nitrogens with zero attached hydrogens (tertiary/aromatic N) is 2. The molecule has 1 aromatic carbocycles. The number of fused-ring (bicyclic) bond motifs is 1. The lowest BCUT2D eigenvalue weighted by Crippen LogP contribution is -2.44. The largest absolute Gasteiger partial charge is 0.486 e. The molecule has 36 heavy (non-hydrogen) atoms. The number of aryl methyl sites for hydroxylation is 1. The number of benzene rings is 1. The highest BCUT2D eigenvalue weighted by atomic mass is 32.1. The Morgan fingerprint density at radius 1 is 1.19 bits per heavy atom. The van der Waals surface area contributed by atoms with E-state index in [0.717, 1.165) is 0 Å². The lowest BCUT2D eigenvalue weighted by Gasteiger charge is -2.30. The van der Waals surface area contributed by atoms with Gasteiger partial charge in [-0.25, -0.2) is 0 Å². The van der Waals surface area contributed by atoms with Crippen LogP contribution in [0.3, 0.4) is 0 Å². The molecule has 3 amide bonds. The molecule has 0 bridgehead atoms. The van der Waals surface area contributed by atoms with Gasteiger partial charge in [-0.2, -0.15) is 4.37 Å². The Kier molecular flexibility index (Phi) is 7.41. The van der Waals surface area contributed by atoms with E-state index in [0.29, 0.717) is 47.7 Å². The monoisotopic (exact) mass is 515 g/mol. The maximum atomic E-state index is 14.0. The van der Waals surface area contributed by atoms with Crippen LogP contribution in [0.1, 0.15) is 37.7 Å². The van der Waals surface area contributed by atoms with Gasteiger partial charge in [0.1, 0.15) is 29.6 Å². The molecule has 4 rings (SSSR count). The summed E-state index contributed by atoms with van der Waals surface area (Å²) < 4.78 is 26.0. The van der Waals surface area contributed by atoms with Crippen LogP contribution in [-0.4, -0.2) is 55.6 Å². The Hall–Kier alpha value is -4.10. The molecule has 5 N–H and O–H groups in total. The van der Waals surface area contributed by atoms with E-state index in [1.807, 2.05) is 0 Å². The fourth-order valence-electron chi connectivity index (χ4n) is 3.65. The molecule has 2 aromatic heterocycles. The summed E-state index contributed by atoms with van der Waals surface area (Å²) in [6.07, 6.45) is 0. The first-order valence-electron chi connectivity index (χ1n) is 10.9. The topological polar surface area (TPSA) is 172 Å². The minimum absolute atomic E-state index is 0.0586. The van der Waals surface area contributed by atoms with Gasteiger partial charge in [0.2, 0.25) is 0 Å². The molecule has 12 nitrogen and oxygen atoms in total. The first kappa shape index (κ1) is 25.0. The third-order valence-corrected chi connectivity index (χ3v) is 6.17.